The lowest BCUT2D eigenvalue weighted by molar-refractivity contribution is -0.145. The number of esters is 1. The Morgan fingerprint density at radius 3 is 2.54 bits per heavy atom. The number of nitrogens with zero attached hydrogens (tertiary/aromatic N) is 3. The van der Waals surface area contributed by atoms with Gasteiger partial charge in [-0.25, -0.2) is 9.78 Å². The predicted octanol–water partition coefficient (Wildman–Crippen LogP) is 2.40. The highest BCUT2D eigenvalue weighted by molar-refractivity contribution is 5.91. The molecule has 144 valence electrons. The number of morpholine rings is 1. The number of pyridine rings is 1. The normalized spacial score (nSPS) is 15.4. The van der Waals surface area contributed by atoms with Gasteiger partial charge in [0, 0.05) is 30.5 Å². The lowest BCUT2D eigenvalue weighted by Gasteiger charge is -2.30. The maximum atomic E-state index is 13.1. The number of fused-ring (bicyclic) bond motifs is 1. The van der Waals surface area contributed by atoms with Gasteiger partial charge in [-0.1, -0.05) is 36.4 Å². The quantitative estimate of drug-likeness (QED) is 0.651. The van der Waals surface area contributed by atoms with Gasteiger partial charge in [0.25, 0.3) is 5.91 Å². The minimum Gasteiger partial charge on any atom is -0.443 e. The van der Waals surface area contributed by atoms with E-state index in [1.54, 1.807) is 23.2 Å². The fraction of sp³-hybridized carbons (Fsp3) is 0.286. The molecule has 7 nitrogen and oxygen atoms in total. The molecule has 7 heteroatoms. The molecule has 1 aliphatic heterocycles. The van der Waals surface area contributed by atoms with Crippen LogP contribution in [-0.4, -0.2) is 52.5 Å². The number of imidazole rings is 1. The number of amides is 1. The van der Waals surface area contributed by atoms with E-state index < -0.39 is 12.1 Å². The lowest BCUT2D eigenvalue weighted by Crippen LogP contribution is -2.44. The summed E-state index contributed by atoms with van der Waals surface area (Å²) < 4.78 is 12.8. The Bertz CT molecular complexity index is 993. The van der Waals surface area contributed by atoms with Crippen molar-refractivity contribution in [3.63, 3.8) is 0 Å². The summed E-state index contributed by atoms with van der Waals surface area (Å²) in [4.78, 5) is 31.9. The van der Waals surface area contributed by atoms with Gasteiger partial charge in [-0.3, -0.25) is 4.79 Å². The number of hydrogen-bond acceptors (Lipinski definition) is 5. The Labute approximate surface area is 162 Å². The Balaban J connectivity index is 1.61. The van der Waals surface area contributed by atoms with Gasteiger partial charge in [0.1, 0.15) is 5.65 Å². The van der Waals surface area contributed by atoms with Crippen LogP contribution in [0.15, 0.2) is 54.7 Å². The van der Waals surface area contributed by atoms with Crippen molar-refractivity contribution in [1.29, 1.82) is 0 Å². The zero-order valence-corrected chi connectivity index (χ0v) is 15.6. The van der Waals surface area contributed by atoms with Crippen LogP contribution >= 0.6 is 0 Å². The smallest absolute Gasteiger partial charge is 0.359 e. The topological polar surface area (TPSA) is 73.1 Å². The highest BCUT2D eigenvalue weighted by atomic mass is 16.5. The van der Waals surface area contributed by atoms with Crippen molar-refractivity contribution in [3.8, 4) is 0 Å². The van der Waals surface area contributed by atoms with Crippen molar-refractivity contribution in [2.45, 2.75) is 13.0 Å². The van der Waals surface area contributed by atoms with Crippen LogP contribution < -0.4 is 0 Å². The maximum Gasteiger partial charge on any atom is 0.359 e. The fourth-order valence-corrected chi connectivity index (χ4v) is 3.25. The third kappa shape index (κ3) is 3.61. The molecule has 1 fully saturated rings. The minimum absolute atomic E-state index is 0.171. The van der Waals surface area contributed by atoms with E-state index in [1.807, 2.05) is 47.7 Å². The molecule has 0 unspecified atom stereocenters. The number of ether oxygens (including phenoxy) is 2. The van der Waals surface area contributed by atoms with Crippen LogP contribution in [0.4, 0.5) is 0 Å². The molecule has 1 atom stereocenters. The summed E-state index contributed by atoms with van der Waals surface area (Å²) in [6.07, 6.45) is 0.617. The summed E-state index contributed by atoms with van der Waals surface area (Å²) in [6, 6.07) is 14.7. The molecule has 0 bridgehead atoms. The molecule has 0 saturated carbocycles. The zero-order valence-electron chi connectivity index (χ0n) is 15.6. The van der Waals surface area contributed by atoms with Crippen molar-refractivity contribution >= 4 is 17.5 Å². The number of carbonyl (C=O) groups is 2. The molecule has 1 amide bonds. The van der Waals surface area contributed by atoms with Crippen molar-refractivity contribution in [2.24, 2.45) is 0 Å². The molecule has 3 aromatic rings. The van der Waals surface area contributed by atoms with E-state index >= 15 is 0 Å². The second kappa shape index (κ2) is 7.82. The highest BCUT2D eigenvalue weighted by Gasteiger charge is 2.31. The summed E-state index contributed by atoms with van der Waals surface area (Å²) in [7, 11) is 0. The predicted molar refractivity (Wildman–Crippen MR) is 102 cm³/mol. The fourth-order valence-electron chi connectivity index (χ4n) is 3.25. The number of hydrogen-bond donors (Lipinski definition) is 0. The van der Waals surface area contributed by atoms with Gasteiger partial charge < -0.3 is 18.8 Å². The second-order valence-corrected chi connectivity index (χ2v) is 6.66. The molecule has 1 aromatic carbocycles. The summed E-state index contributed by atoms with van der Waals surface area (Å²) >= 11 is 0. The average molecular weight is 379 g/mol. The highest BCUT2D eigenvalue weighted by Crippen LogP contribution is 2.23. The molecule has 0 spiro atoms. The van der Waals surface area contributed by atoms with Crippen LogP contribution in [0.2, 0.25) is 0 Å². The molecule has 1 aliphatic rings. The standard InChI is InChI=1S/C21H21N3O4/c1-15-6-5-9-18-22-17(14-24(15)18)21(26)28-19(16-7-3-2-4-8-16)20(25)23-10-12-27-13-11-23/h2-9,14,19H,10-13H2,1H3/t19-/m1/s1. The molecule has 2 aromatic heterocycles. The molecular formula is C21H21N3O4. The molecule has 0 aliphatic carbocycles. The van der Waals surface area contributed by atoms with Gasteiger partial charge >= 0.3 is 5.97 Å². The van der Waals surface area contributed by atoms with Crippen LogP contribution in [0.3, 0.4) is 0 Å². The third-order valence-corrected chi connectivity index (χ3v) is 4.78. The minimum atomic E-state index is -1.02. The number of carbonyl (C=O) groups excluding carboxylic acids is 2. The van der Waals surface area contributed by atoms with Crippen LogP contribution in [0, 0.1) is 6.92 Å². The Hall–Kier alpha value is -3.19. The first-order chi connectivity index (χ1) is 13.6. The molecule has 3 heterocycles. The van der Waals surface area contributed by atoms with Gasteiger partial charge in [-0.05, 0) is 19.1 Å². The second-order valence-electron chi connectivity index (χ2n) is 6.66. The van der Waals surface area contributed by atoms with Gasteiger partial charge in [0.2, 0.25) is 6.10 Å². The lowest BCUT2D eigenvalue weighted by atomic mass is 10.1. The van der Waals surface area contributed by atoms with Gasteiger partial charge in [-0.15, -0.1) is 0 Å². The summed E-state index contributed by atoms with van der Waals surface area (Å²) in [6.45, 7) is 3.85. The zero-order chi connectivity index (χ0) is 19.5. The largest absolute Gasteiger partial charge is 0.443 e. The maximum absolute atomic E-state index is 13.1. The van der Waals surface area contributed by atoms with Crippen LogP contribution in [0.1, 0.15) is 27.8 Å². The van der Waals surface area contributed by atoms with E-state index in [9.17, 15) is 9.59 Å². The molecule has 28 heavy (non-hydrogen) atoms. The van der Waals surface area contributed by atoms with Crippen molar-refractivity contribution in [1.82, 2.24) is 14.3 Å². The number of aromatic nitrogens is 2. The van der Waals surface area contributed by atoms with Crippen molar-refractivity contribution < 1.29 is 19.1 Å². The Morgan fingerprint density at radius 1 is 1.07 bits per heavy atom. The van der Waals surface area contributed by atoms with Crippen LogP contribution in [0.5, 0.6) is 0 Å². The third-order valence-electron chi connectivity index (χ3n) is 4.78. The van der Waals surface area contributed by atoms with E-state index in [1.165, 1.54) is 0 Å². The SMILES string of the molecule is Cc1cccc2nc(C(=O)O[C@@H](C(=O)N3CCOCC3)c3ccccc3)cn12. The van der Waals surface area contributed by atoms with Gasteiger partial charge in [0.05, 0.1) is 13.2 Å². The van der Waals surface area contributed by atoms with Crippen molar-refractivity contribution in [3.05, 3.63) is 71.7 Å². The Morgan fingerprint density at radius 2 is 1.82 bits per heavy atom. The number of aryl methyl sites for hydroxylation is 1. The van der Waals surface area contributed by atoms with Crippen molar-refractivity contribution in [2.75, 3.05) is 26.3 Å². The monoisotopic (exact) mass is 379 g/mol. The van der Waals surface area contributed by atoms with Gasteiger partial charge in [0.15, 0.2) is 5.69 Å². The Kier molecular flexibility index (Phi) is 5.08. The van der Waals surface area contributed by atoms with E-state index in [2.05, 4.69) is 4.98 Å². The number of benzene rings is 1. The number of rotatable bonds is 4. The van der Waals surface area contributed by atoms with E-state index in [-0.39, 0.29) is 11.6 Å². The molecule has 1 saturated heterocycles. The first-order valence-electron chi connectivity index (χ1n) is 9.20. The van der Waals surface area contributed by atoms with E-state index in [0.29, 0.717) is 37.5 Å². The van der Waals surface area contributed by atoms with Crippen LogP contribution in [-0.2, 0) is 14.3 Å². The molecule has 0 radical (unpaired) electrons. The molecule has 4 rings (SSSR count). The first-order valence-corrected chi connectivity index (χ1v) is 9.20. The van der Waals surface area contributed by atoms with Gasteiger partial charge in [-0.2, -0.15) is 0 Å². The summed E-state index contributed by atoms with van der Waals surface area (Å²) in [5.74, 6) is -0.874. The van der Waals surface area contributed by atoms with E-state index in [4.69, 9.17) is 9.47 Å². The van der Waals surface area contributed by atoms with Crippen LogP contribution in [0.25, 0.3) is 5.65 Å². The first kappa shape index (κ1) is 18.2. The summed E-state index contributed by atoms with van der Waals surface area (Å²) in [5.41, 5.74) is 2.41. The van der Waals surface area contributed by atoms with E-state index in [0.717, 1.165) is 5.69 Å². The molecular weight excluding hydrogens is 358 g/mol. The molecule has 0 N–H and O–H groups in total. The summed E-state index contributed by atoms with van der Waals surface area (Å²) in [5, 5.41) is 0. The average Bonchev–Trinajstić information content (AvgIpc) is 3.19.